The number of hydrogen-bond donors (Lipinski definition) is 1. The number of azide groups is 1. The second kappa shape index (κ2) is 7.46. The first-order chi connectivity index (χ1) is 9.40. The normalized spacial score (nSPS) is 15.5. The molecule has 1 heterocycles. The molecule has 0 bridgehead atoms. The molecule has 1 aliphatic rings. The number of rotatable bonds is 5. The van der Waals surface area contributed by atoms with E-state index in [1.807, 2.05) is 6.08 Å². The van der Waals surface area contributed by atoms with Crippen molar-refractivity contribution in [2.45, 2.75) is 6.42 Å². The highest BCUT2D eigenvalue weighted by molar-refractivity contribution is 5.56. The number of nitrogens with one attached hydrogen (secondary N) is 1. The average molecular weight is 257 g/mol. The molecule has 1 fully saturated rings. The highest BCUT2D eigenvalue weighted by atomic mass is 15.2. The van der Waals surface area contributed by atoms with E-state index in [-0.39, 0.29) is 0 Å². The number of nitrogens with zero attached hydrogens (tertiary/aromatic N) is 4. The lowest BCUT2D eigenvalue weighted by molar-refractivity contribution is 0.589. The molecule has 0 saturated carbocycles. The molecule has 0 spiro atoms. The van der Waals surface area contributed by atoms with Crippen molar-refractivity contribution in [3.8, 4) is 0 Å². The third kappa shape index (κ3) is 4.32. The van der Waals surface area contributed by atoms with Gasteiger partial charge >= 0.3 is 0 Å². The summed E-state index contributed by atoms with van der Waals surface area (Å²) >= 11 is 0. The Morgan fingerprint density at radius 1 is 1.26 bits per heavy atom. The molecule has 0 amide bonds. The first-order valence-corrected chi connectivity index (χ1v) is 6.63. The van der Waals surface area contributed by atoms with E-state index in [2.05, 4.69) is 50.6 Å². The van der Waals surface area contributed by atoms with Crippen LogP contribution in [0.2, 0.25) is 0 Å². The van der Waals surface area contributed by atoms with Crippen LogP contribution in [0.15, 0.2) is 35.5 Å². The number of hydrogen-bond acceptors (Lipinski definition) is 3. The van der Waals surface area contributed by atoms with E-state index in [1.54, 1.807) is 0 Å². The minimum absolute atomic E-state index is 0.520. The van der Waals surface area contributed by atoms with Gasteiger partial charge in [0.15, 0.2) is 0 Å². The van der Waals surface area contributed by atoms with Gasteiger partial charge in [-0.25, -0.2) is 0 Å². The van der Waals surface area contributed by atoms with Gasteiger partial charge in [0.2, 0.25) is 0 Å². The highest BCUT2D eigenvalue weighted by Crippen LogP contribution is 2.16. The SMILES string of the molecule is [N-]=[N+]=NCCC=Cc1ccc(N2CCNCC2)cc1. The van der Waals surface area contributed by atoms with Crippen molar-refractivity contribution in [1.29, 1.82) is 0 Å². The van der Waals surface area contributed by atoms with Crippen LogP contribution in [0, 0.1) is 0 Å². The zero-order valence-electron chi connectivity index (χ0n) is 11.0. The van der Waals surface area contributed by atoms with Gasteiger partial charge in [-0.05, 0) is 29.6 Å². The molecule has 1 saturated heterocycles. The van der Waals surface area contributed by atoms with Crippen molar-refractivity contribution in [2.24, 2.45) is 5.11 Å². The molecule has 0 atom stereocenters. The van der Waals surface area contributed by atoms with E-state index in [0.717, 1.165) is 32.6 Å². The van der Waals surface area contributed by atoms with Gasteiger partial charge in [0, 0.05) is 43.3 Å². The van der Waals surface area contributed by atoms with Crippen LogP contribution in [0.5, 0.6) is 0 Å². The second-order valence-electron chi connectivity index (χ2n) is 4.47. The van der Waals surface area contributed by atoms with Gasteiger partial charge in [-0.2, -0.15) is 0 Å². The molecule has 5 nitrogen and oxygen atoms in total. The summed E-state index contributed by atoms with van der Waals surface area (Å²) in [6.45, 7) is 4.77. The Bertz CT molecular complexity index is 453. The van der Waals surface area contributed by atoms with Crippen LogP contribution < -0.4 is 10.2 Å². The predicted octanol–water partition coefficient (Wildman–Crippen LogP) is 2.81. The summed E-state index contributed by atoms with van der Waals surface area (Å²) in [4.78, 5) is 5.12. The molecule has 100 valence electrons. The lowest BCUT2D eigenvalue weighted by atomic mass is 10.1. The molecule has 1 aromatic carbocycles. The van der Waals surface area contributed by atoms with Gasteiger partial charge in [-0.15, -0.1) is 0 Å². The van der Waals surface area contributed by atoms with Gasteiger partial charge in [0.05, 0.1) is 0 Å². The van der Waals surface area contributed by atoms with Crippen LogP contribution in [0.3, 0.4) is 0 Å². The summed E-state index contributed by atoms with van der Waals surface area (Å²) in [5, 5.41) is 6.85. The number of anilines is 1. The molecule has 19 heavy (non-hydrogen) atoms. The van der Waals surface area contributed by atoms with Crippen LogP contribution in [0.4, 0.5) is 5.69 Å². The smallest absolute Gasteiger partial charge is 0.0367 e. The lowest BCUT2D eigenvalue weighted by Gasteiger charge is -2.29. The summed E-state index contributed by atoms with van der Waals surface area (Å²) in [5.74, 6) is 0. The van der Waals surface area contributed by atoms with Crippen molar-refractivity contribution in [3.63, 3.8) is 0 Å². The second-order valence-corrected chi connectivity index (χ2v) is 4.47. The van der Waals surface area contributed by atoms with Crippen molar-refractivity contribution in [3.05, 3.63) is 46.3 Å². The van der Waals surface area contributed by atoms with Gasteiger partial charge in [0.25, 0.3) is 0 Å². The van der Waals surface area contributed by atoms with Crippen molar-refractivity contribution < 1.29 is 0 Å². The van der Waals surface area contributed by atoms with Crippen molar-refractivity contribution in [2.75, 3.05) is 37.6 Å². The number of piperazine rings is 1. The van der Waals surface area contributed by atoms with Crippen LogP contribution in [0.1, 0.15) is 12.0 Å². The fourth-order valence-corrected chi connectivity index (χ4v) is 2.12. The third-order valence-corrected chi connectivity index (χ3v) is 3.14. The maximum atomic E-state index is 8.16. The zero-order valence-corrected chi connectivity index (χ0v) is 11.0. The van der Waals surface area contributed by atoms with E-state index in [4.69, 9.17) is 5.53 Å². The molecule has 0 aromatic heterocycles. The first-order valence-electron chi connectivity index (χ1n) is 6.63. The summed E-state index contributed by atoms with van der Waals surface area (Å²) in [6.07, 6.45) is 4.88. The van der Waals surface area contributed by atoms with Crippen molar-refractivity contribution in [1.82, 2.24) is 5.32 Å². The zero-order chi connectivity index (χ0) is 13.3. The Morgan fingerprint density at radius 3 is 2.68 bits per heavy atom. The maximum Gasteiger partial charge on any atom is 0.0367 e. The molecule has 1 N–H and O–H groups in total. The third-order valence-electron chi connectivity index (χ3n) is 3.14. The molecule has 1 aliphatic heterocycles. The Balaban J connectivity index is 1.88. The molecule has 0 aliphatic carbocycles. The Hall–Kier alpha value is -1.97. The predicted molar refractivity (Wildman–Crippen MR) is 79.2 cm³/mol. The van der Waals surface area contributed by atoms with Crippen LogP contribution in [0.25, 0.3) is 16.5 Å². The van der Waals surface area contributed by atoms with E-state index in [9.17, 15) is 0 Å². The van der Waals surface area contributed by atoms with Gasteiger partial charge in [-0.1, -0.05) is 29.4 Å². The van der Waals surface area contributed by atoms with E-state index >= 15 is 0 Å². The average Bonchev–Trinajstić information content (AvgIpc) is 2.49. The Morgan fingerprint density at radius 2 is 2.00 bits per heavy atom. The molecular weight excluding hydrogens is 238 g/mol. The fourth-order valence-electron chi connectivity index (χ4n) is 2.12. The Kier molecular flexibility index (Phi) is 5.29. The van der Waals surface area contributed by atoms with Crippen molar-refractivity contribution >= 4 is 11.8 Å². The summed E-state index contributed by atoms with van der Waals surface area (Å²) in [5.41, 5.74) is 10.6. The van der Waals surface area contributed by atoms with E-state index in [0.29, 0.717) is 6.54 Å². The van der Waals surface area contributed by atoms with E-state index < -0.39 is 0 Å². The molecular formula is C14H19N5. The van der Waals surface area contributed by atoms with Gasteiger partial charge < -0.3 is 10.2 Å². The summed E-state index contributed by atoms with van der Waals surface area (Å²) in [6, 6.07) is 8.58. The monoisotopic (exact) mass is 257 g/mol. The quantitative estimate of drug-likeness (QED) is 0.381. The summed E-state index contributed by atoms with van der Waals surface area (Å²) in [7, 11) is 0. The standard InChI is InChI=1S/C14H19N5/c15-18-17-8-2-1-3-13-4-6-14(7-5-13)19-11-9-16-10-12-19/h1,3-7,16H,2,8-12H2. The lowest BCUT2D eigenvalue weighted by Crippen LogP contribution is -2.43. The molecule has 5 heteroatoms. The number of benzene rings is 1. The molecule has 2 rings (SSSR count). The molecule has 0 unspecified atom stereocenters. The van der Waals surface area contributed by atoms with Crippen LogP contribution in [-0.2, 0) is 0 Å². The van der Waals surface area contributed by atoms with Crippen LogP contribution in [-0.4, -0.2) is 32.7 Å². The largest absolute Gasteiger partial charge is 0.369 e. The topological polar surface area (TPSA) is 64.0 Å². The summed E-state index contributed by atoms with van der Waals surface area (Å²) < 4.78 is 0. The maximum absolute atomic E-state index is 8.16. The minimum Gasteiger partial charge on any atom is -0.369 e. The van der Waals surface area contributed by atoms with E-state index in [1.165, 1.54) is 11.3 Å². The van der Waals surface area contributed by atoms with Crippen LogP contribution >= 0.6 is 0 Å². The van der Waals surface area contributed by atoms with Gasteiger partial charge in [0.1, 0.15) is 0 Å². The molecule has 1 aromatic rings. The highest BCUT2D eigenvalue weighted by Gasteiger charge is 2.09. The Labute approximate surface area is 113 Å². The molecule has 0 radical (unpaired) electrons. The fraction of sp³-hybridized carbons (Fsp3) is 0.429. The first kappa shape index (κ1) is 13.5. The van der Waals surface area contributed by atoms with Gasteiger partial charge in [-0.3, -0.25) is 0 Å². The minimum atomic E-state index is 0.520.